The molecule has 0 spiro atoms. The van der Waals surface area contributed by atoms with Crippen molar-refractivity contribution in [1.29, 1.82) is 0 Å². The summed E-state index contributed by atoms with van der Waals surface area (Å²) in [7, 11) is 0. The molecule has 1 heterocycles. The Bertz CT molecular complexity index is 1230. The van der Waals surface area contributed by atoms with Crippen LogP contribution in [0.3, 0.4) is 0 Å². The lowest BCUT2D eigenvalue weighted by Crippen LogP contribution is -2.43. The summed E-state index contributed by atoms with van der Waals surface area (Å²) in [6.45, 7) is 3.54. The van der Waals surface area contributed by atoms with Gasteiger partial charge in [0.15, 0.2) is 12.4 Å². The van der Waals surface area contributed by atoms with Crippen LogP contribution in [0.5, 0.6) is 5.75 Å². The molecule has 2 amide bonds. The minimum atomic E-state index is -0.522. The number of hydrogen-bond donors (Lipinski definition) is 2. The number of hydrazine groups is 1. The molecule has 4 rings (SSSR count). The fraction of sp³-hybridized carbons (Fsp3) is 0.130. The summed E-state index contributed by atoms with van der Waals surface area (Å²) in [5, 5.41) is 2.83. The van der Waals surface area contributed by atoms with Gasteiger partial charge in [0.25, 0.3) is 5.91 Å². The first-order chi connectivity index (χ1) is 14.0. The molecule has 0 saturated carbocycles. The van der Waals surface area contributed by atoms with Gasteiger partial charge in [-0.2, -0.15) is 0 Å². The first-order valence-electron chi connectivity index (χ1n) is 9.22. The molecule has 0 atom stereocenters. The molecule has 0 aliphatic rings. The predicted molar refractivity (Wildman–Crippen MR) is 111 cm³/mol. The quantitative estimate of drug-likeness (QED) is 0.517. The first kappa shape index (κ1) is 18.6. The first-order valence-corrected chi connectivity index (χ1v) is 9.22. The summed E-state index contributed by atoms with van der Waals surface area (Å²) < 4.78 is 11.3. The maximum atomic E-state index is 12.5. The van der Waals surface area contributed by atoms with Crippen molar-refractivity contribution in [1.82, 2.24) is 10.9 Å². The second-order valence-corrected chi connectivity index (χ2v) is 6.83. The number of hydrogen-bond acceptors (Lipinski definition) is 4. The Morgan fingerprint density at radius 1 is 0.931 bits per heavy atom. The van der Waals surface area contributed by atoms with E-state index in [0.717, 1.165) is 21.7 Å². The minimum absolute atomic E-state index is 0.163. The summed E-state index contributed by atoms with van der Waals surface area (Å²) >= 11 is 0. The van der Waals surface area contributed by atoms with Crippen molar-refractivity contribution >= 4 is 33.6 Å². The molecule has 6 nitrogen and oxygen atoms in total. The van der Waals surface area contributed by atoms with E-state index >= 15 is 0 Å². The van der Waals surface area contributed by atoms with Crippen LogP contribution in [0.1, 0.15) is 21.7 Å². The zero-order valence-corrected chi connectivity index (χ0v) is 16.1. The summed E-state index contributed by atoms with van der Waals surface area (Å²) in [6, 6.07) is 19.1. The standard InChI is InChI=1S/C23H20N2O4/c1-14-6-5-8-17(12-14)28-13-20(26)24-25-23(27)21-15(2)18-11-10-16-7-3-4-9-19(16)22(18)29-21/h3-12H,13H2,1-2H3,(H,24,26)(H,25,27). The zero-order chi connectivity index (χ0) is 20.4. The second kappa shape index (κ2) is 7.67. The molecule has 2 N–H and O–H groups in total. The van der Waals surface area contributed by atoms with Crippen molar-refractivity contribution in [3.63, 3.8) is 0 Å². The molecule has 0 aliphatic carbocycles. The SMILES string of the molecule is Cc1cccc(OCC(=O)NNC(=O)c2oc3c(ccc4ccccc43)c2C)c1. The van der Waals surface area contributed by atoms with Crippen LogP contribution in [0.15, 0.2) is 65.1 Å². The molecule has 29 heavy (non-hydrogen) atoms. The van der Waals surface area contributed by atoms with E-state index in [2.05, 4.69) is 10.9 Å². The Labute approximate surface area is 167 Å². The van der Waals surface area contributed by atoms with Crippen molar-refractivity contribution in [3.05, 3.63) is 77.6 Å². The van der Waals surface area contributed by atoms with Crippen molar-refractivity contribution in [2.24, 2.45) is 0 Å². The number of aryl methyl sites for hydroxylation is 2. The van der Waals surface area contributed by atoms with Crippen LogP contribution in [-0.4, -0.2) is 18.4 Å². The van der Waals surface area contributed by atoms with Gasteiger partial charge in [-0.1, -0.05) is 48.5 Å². The minimum Gasteiger partial charge on any atom is -0.484 e. The molecular formula is C23H20N2O4. The fourth-order valence-electron chi connectivity index (χ4n) is 3.24. The topological polar surface area (TPSA) is 80.6 Å². The fourth-order valence-corrected chi connectivity index (χ4v) is 3.24. The van der Waals surface area contributed by atoms with E-state index in [4.69, 9.17) is 9.15 Å². The highest BCUT2D eigenvalue weighted by molar-refractivity contribution is 6.09. The lowest BCUT2D eigenvalue weighted by molar-refractivity contribution is -0.123. The van der Waals surface area contributed by atoms with E-state index in [0.29, 0.717) is 16.9 Å². The largest absolute Gasteiger partial charge is 0.484 e. The Morgan fingerprint density at radius 3 is 2.59 bits per heavy atom. The molecule has 1 aromatic heterocycles. The summed E-state index contributed by atoms with van der Waals surface area (Å²) in [6.07, 6.45) is 0. The molecule has 0 radical (unpaired) electrons. The van der Waals surface area contributed by atoms with Crippen molar-refractivity contribution in [2.45, 2.75) is 13.8 Å². The number of furan rings is 1. The van der Waals surface area contributed by atoms with Crippen molar-refractivity contribution in [3.8, 4) is 5.75 Å². The number of fused-ring (bicyclic) bond motifs is 3. The van der Waals surface area contributed by atoms with Crippen LogP contribution < -0.4 is 15.6 Å². The molecule has 0 unspecified atom stereocenters. The van der Waals surface area contributed by atoms with Gasteiger partial charge in [-0.3, -0.25) is 20.4 Å². The average Bonchev–Trinajstić information content (AvgIpc) is 3.07. The molecule has 0 bridgehead atoms. The summed E-state index contributed by atoms with van der Waals surface area (Å²) in [5.74, 6) is -0.242. The Morgan fingerprint density at radius 2 is 1.76 bits per heavy atom. The van der Waals surface area contributed by atoms with Crippen molar-refractivity contribution in [2.75, 3.05) is 6.61 Å². The van der Waals surface area contributed by atoms with E-state index in [1.807, 2.05) is 68.4 Å². The zero-order valence-electron chi connectivity index (χ0n) is 16.1. The maximum Gasteiger partial charge on any atom is 0.305 e. The highest BCUT2D eigenvalue weighted by atomic mass is 16.5. The Balaban J connectivity index is 1.44. The van der Waals surface area contributed by atoms with Gasteiger partial charge in [0.2, 0.25) is 0 Å². The highest BCUT2D eigenvalue weighted by Gasteiger charge is 2.19. The third kappa shape index (κ3) is 3.78. The second-order valence-electron chi connectivity index (χ2n) is 6.83. The number of carbonyl (C=O) groups excluding carboxylic acids is 2. The Hall–Kier alpha value is -3.80. The average molecular weight is 388 g/mol. The molecule has 3 aromatic carbocycles. The maximum absolute atomic E-state index is 12.5. The number of ether oxygens (including phenoxy) is 1. The van der Waals surface area contributed by atoms with Gasteiger partial charge in [0.05, 0.1) is 0 Å². The van der Waals surface area contributed by atoms with Gasteiger partial charge in [0.1, 0.15) is 11.3 Å². The third-order valence-electron chi connectivity index (χ3n) is 4.71. The van der Waals surface area contributed by atoms with E-state index in [-0.39, 0.29) is 12.4 Å². The summed E-state index contributed by atoms with van der Waals surface area (Å²) in [5.41, 5.74) is 7.14. The molecular weight excluding hydrogens is 368 g/mol. The predicted octanol–water partition coefficient (Wildman–Crippen LogP) is 4.04. The van der Waals surface area contributed by atoms with Gasteiger partial charge in [-0.15, -0.1) is 0 Å². The normalized spacial score (nSPS) is 10.8. The number of carbonyl (C=O) groups is 2. The smallest absolute Gasteiger partial charge is 0.305 e. The highest BCUT2D eigenvalue weighted by Crippen LogP contribution is 2.31. The van der Waals surface area contributed by atoms with Gasteiger partial charge in [0, 0.05) is 16.3 Å². The van der Waals surface area contributed by atoms with E-state index in [1.54, 1.807) is 6.07 Å². The van der Waals surface area contributed by atoms with Crippen LogP contribution in [0, 0.1) is 13.8 Å². The van der Waals surface area contributed by atoms with E-state index in [1.165, 1.54) is 0 Å². The molecule has 146 valence electrons. The van der Waals surface area contributed by atoms with Gasteiger partial charge in [-0.25, -0.2) is 0 Å². The molecule has 0 aliphatic heterocycles. The van der Waals surface area contributed by atoms with E-state index in [9.17, 15) is 9.59 Å². The lowest BCUT2D eigenvalue weighted by Gasteiger charge is -2.08. The van der Waals surface area contributed by atoms with Crippen molar-refractivity contribution < 1.29 is 18.7 Å². The molecule has 6 heteroatoms. The monoisotopic (exact) mass is 388 g/mol. The van der Waals surface area contributed by atoms with Crippen LogP contribution in [-0.2, 0) is 4.79 Å². The van der Waals surface area contributed by atoms with Crippen LogP contribution in [0.2, 0.25) is 0 Å². The number of amides is 2. The summed E-state index contributed by atoms with van der Waals surface area (Å²) in [4.78, 5) is 24.5. The van der Waals surface area contributed by atoms with Gasteiger partial charge >= 0.3 is 5.91 Å². The van der Waals surface area contributed by atoms with Gasteiger partial charge < -0.3 is 9.15 Å². The molecule has 0 saturated heterocycles. The molecule has 0 fully saturated rings. The number of nitrogens with one attached hydrogen (secondary N) is 2. The molecule has 4 aromatic rings. The Kier molecular flexibility index (Phi) is 4.91. The van der Waals surface area contributed by atoms with E-state index < -0.39 is 11.8 Å². The van der Waals surface area contributed by atoms with Crippen LogP contribution in [0.4, 0.5) is 0 Å². The van der Waals surface area contributed by atoms with Gasteiger partial charge in [-0.05, 0) is 36.9 Å². The third-order valence-corrected chi connectivity index (χ3v) is 4.71. The van der Waals surface area contributed by atoms with Crippen LogP contribution in [0.25, 0.3) is 21.7 Å². The number of rotatable bonds is 4. The van der Waals surface area contributed by atoms with Crippen LogP contribution >= 0.6 is 0 Å². The lowest BCUT2D eigenvalue weighted by atomic mass is 10.1. The number of benzene rings is 3.